The molecular formula is C19H24N4O3. The summed E-state index contributed by atoms with van der Waals surface area (Å²) < 4.78 is 5.09. The van der Waals surface area contributed by atoms with E-state index in [0.717, 1.165) is 24.5 Å². The van der Waals surface area contributed by atoms with Crippen LogP contribution in [0, 0.1) is 6.92 Å². The number of carbonyl (C=O) groups excluding carboxylic acids is 1. The van der Waals surface area contributed by atoms with Crippen molar-refractivity contribution >= 4 is 11.8 Å². The monoisotopic (exact) mass is 356 g/mol. The number of hydrogen-bond acceptors (Lipinski definition) is 5. The van der Waals surface area contributed by atoms with Gasteiger partial charge >= 0.3 is 6.03 Å². The van der Waals surface area contributed by atoms with Gasteiger partial charge in [-0.15, -0.1) is 0 Å². The highest BCUT2D eigenvalue weighted by molar-refractivity contribution is 5.74. The third kappa shape index (κ3) is 4.17. The Bertz CT molecular complexity index is 773. The van der Waals surface area contributed by atoms with Gasteiger partial charge in [0.15, 0.2) is 11.5 Å². The molecule has 1 aromatic carbocycles. The number of piperazine rings is 1. The number of aromatic nitrogens is 1. The molecule has 1 aliphatic heterocycles. The molecule has 0 spiro atoms. The Balaban J connectivity index is 1.51. The minimum absolute atomic E-state index is 0.0865. The Labute approximate surface area is 153 Å². The Hall–Kier alpha value is -2.96. The number of anilines is 1. The van der Waals surface area contributed by atoms with E-state index in [1.54, 1.807) is 18.2 Å². The first-order chi connectivity index (χ1) is 12.6. The molecule has 1 fully saturated rings. The quantitative estimate of drug-likeness (QED) is 0.878. The van der Waals surface area contributed by atoms with Crippen molar-refractivity contribution in [2.75, 3.05) is 38.2 Å². The fourth-order valence-electron chi connectivity index (χ4n) is 2.95. The van der Waals surface area contributed by atoms with Crippen molar-refractivity contribution in [1.29, 1.82) is 0 Å². The van der Waals surface area contributed by atoms with Gasteiger partial charge in [0.1, 0.15) is 5.82 Å². The molecule has 0 atom stereocenters. The zero-order valence-electron chi connectivity index (χ0n) is 15.1. The average molecular weight is 356 g/mol. The minimum Gasteiger partial charge on any atom is -0.504 e. The maximum Gasteiger partial charge on any atom is 0.317 e. The van der Waals surface area contributed by atoms with Crippen LogP contribution in [0.2, 0.25) is 0 Å². The highest BCUT2D eigenvalue weighted by atomic mass is 16.5. The zero-order chi connectivity index (χ0) is 18.5. The number of phenolic OH excluding ortho intramolecular Hbond substituents is 1. The summed E-state index contributed by atoms with van der Waals surface area (Å²) in [5.74, 6) is 1.45. The molecule has 1 aliphatic rings. The number of methoxy groups -OCH3 is 1. The molecular weight excluding hydrogens is 332 g/mol. The normalized spacial score (nSPS) is 14.2. The molecule has 3 rings (SSSR count). The molecule has 1 saturated heterocycles. The predicted molar refractivity (Wildman–Crippen MR) is 99.7 cm³/mol. The molecule has 1 aromatic heterocycles. The molecule has 2 amide bonds. The zero-order valence-corrected chi connectivity index (χ0v) is 15.1. The van der Waals surface area contributed by atoms with E-state index >= 15 is 0 Å². The third-order valence-electron chi connectivity index (χ3n) is 4.48. The van der Waals surface area contributed by atoms with E-state index in [0.29, 0.717) is 25.4 Å². The lowest BCUT2D eigenvalue weighted by molar-refractivity contribution is 0.194. The van der Waals surface area contributed by atoms with Crippen LogP contribution in [-0.2, 0) is 6.54 Å². The van der Waals surface area contributed by atoms with E-state index in [2.05, 4.69) is 21.3 Å². The van der Waals surface area contributed by atoms with Crippen LogP contribution in [0.1, 0.15) is 11.1 Å². The van der Waals surface area contributed by atoms with Crippen LogP contribution in [0.3, 0.4) is 0 Å². The Kier molecular flexibility index (Phi) is 5.46. The molecule has 7 nitrogen and oxygen atoms in total. The number of phenols is 1. The maximum atomic E-state index is 12.4. The molecule has 0 unspecified atom stereocenters. The van der Waals surface area contributed by atoms with Gasteiger partial charge in [-0.2, -0.15) is 0 Å². The number of nitrogens with one attached hydrogen (secondary N) is 1. The molecule has 0 aliphatic carbocycles. The fraction of sp³-hybridized carbons (Fsp3) is 0.368. The van der Waals surface area contributed by atoms with E-state index in [-0.39, 0.29) is 11.8 Å². The van der Waals surface area contributed by atoms with Crippen molar-refractivity contribution in [3.05, 3.63) is 47.7 Å². The molecule has 138 valence electrons. The number of hydrogen-bond donors (Lipinski definition) is 2. The van der Waals surface area contributed by atoms with E-state index in [1.165, 1.54) is 12.7 Å². The predicted octanol–water partition coefficient (Wildman–Crippen LogP) is 2.14. The Morgan fingerprint density at radius 1 is 1.23 bits per heavy atom. The maximum absolute atomic E-state index is 12.4. The lowest BCUT2D eigenvalue weighted by atomic mass is 10.2. The largest absolute Gasteiger partial charge is 0.504 e. The van der Waals surface area contributed by atoms with Gasteiger partial charge in [-0.3, -0.25) is 0 Å². The molecule has 0 bridgehead atoms. The second-order valence-electron chi connectivity index (χ2n) is 6.33. The minimum atomic E-state index is -0.0890. The average Bonchev–Trinajstić information content (AvgIpc) is 2.67. The van der Waals surface area contributed by atoms with E-state index in [1.807, 2.05) is 24.1 Å². The van der Waals surface area contributed by atoms with Crippen molar-refractivity contribution in [2.24, 2.45) is 0 Å². The number of nitrogens with zero attached hydrogens (tertiary/aromatic N) is 3. The van der Waals surface area contributed by atoms with Crippen molar-refractivity contribution < 1.29 is 14.6 Å². The summed E-state index contributed by atoms with van der Waals surface area (Å²) in [4.78, 5) is 20.8. The molecule has 0 saturated carbocycles. The van der Waals surface area contributed by atoms with Crippen LogP contribution in [-0.4, -0.2) is 54.3 Å². The number of ether oxygens (including phenoxy) is 1. The van der Waals surface area contributed by atoms with Crippen LogP contribution in [0.4, 0.5) is 10.6 Å². The standard InChI is InChI=1S/C19H24N4O3/c1-14-5-6-20-18(11-14)22-7-9-23(10-8-22)19(25)21-13-15-3-4-16(24)17(12-15)26-2/h3-6,11-12,24H,7-10,13H2,1-2H3,(H,21,25). The van der Waals surface area contributed by atoms with Gasteiger partial charge in [-0.05, 0) is 42.3 Å². The summed E-state index contributed by atoms with van der Waals surface area (Å²) in [6.45, 7) is 5.26. The third-order valence-corrected chi connectivity index (χ3v) is 4.48. The van der Waals surface area contributed by atoms with Crippen molar-refractivity contribution in [2.45, 2.75) is 13.5 Å². The van der Waals surface area contributed by atoms with Crippen LogP contribution < -0.4 is 15.0 Å². The lowest BCUT2D eigenvalue weighted by Crippen LogP contribution is -2.51. The smallest absolute Gasteiger partial charge is 0.317 e. The summed E-state index contributed by atoms with van der Waals surface area (Å²) in [5, 5.41) is 12.5. The molecule has 0 radical (unpaired) electrons. The van der Waals surface area contributed by atoms with Gasteiger partial charge in [0, 0.05) is 38.9 Å². The van der Waals surface area contributed by atoms with Crippen LogP contribution >= 0.6 is 0 Å². The van der Waals surface area contributed by atoms with Gasteiger partial charge < -0.3 is 25.0 Å². The van der Waals surface area contributed by atoms with Gasteiger partial charge in [0.2, 0.25) is 0 Å². The second-order valence-corrected chi connectivity index (χ2v) is 6.33. The number of aryl methyl sites for hydroxylation is 1. The number of rotatable bonds is 4. The van der Waals surface area contributed by atoms with Crippen LogP contribution in [0.5, 0.6) is 11.5 Å². The van der Waals surface area contributed by atoms with Crippen molar-refractivity contribution in [3.63, 3.8) is 0 Å². The van der Waals surface area contributed by atoms with Gasteiger partial charge in [0.05, 0.1) is 7.11 Å². The summed E-state index contributed by atoms with van der Waals surface area (Å²) in [7, 11) is 1.50. The van der Waals surface area contributed by atoms with E-state index in [4.69, 9.17) is 4.74 Å². The number of benzene rings is 1. The first-order valence-corrected chi connectivity index (χ1v) is 8.63. The SMILES string of the molecule is COc1cc(CNC(=O)N2CCN(c3cc(C)ccn3)CC2)ccc1O. The number of urea groups is 1. The highest BCUT2D eigenvalue weighted by Crippen LogP contribution is 2.26. The summed E-state index contributed by atoms with van der Waals surface area (Å²) >= 11 is 0. The summed E-state index contributed by atoms with van der Waals surface area (Å²) in [6, 6.07) is 9.00. The van der Waals surface area contributed by atoms with Crippen LogP contribution in [0.15, 0.2) is 36.5 Å². The summed E-state index contributed by atoms with van der Waals surface area (Å²) in [5.41, 5.74) is 2.05. The number of carbonyl (C=O) groups is 1. The number of amides is 2. The molecule has 26 heavy (non-hydrogen) atoms. The first kappa shape index (κ1) is 17.8. The molecule has 7 heteroatoms. The lowest BCUT2D eigenvalue weighted by Gasteiger charge is -2.35. The van der Waals surface area contributed by atoms with E-state index in [9.17, 15) is 9.90 Å². The number of aromatic hydroxyl groups is 1. The Morgan fingerprint density at radius 3 is 2.69 bits per heavy atom. The van der Waals surface area contributed by atoms with Gasteiger partial charge in [0.25, 0.3) is 0 Å². The topological polar surface area (TPSA) is 77.9 Å². The summed E-state index contributed by atoms with van der Waals surface area (Å²) in [6.07, 6.45) is 1.82. The van der Waals surface area contributed by atoms with Gasteiger partial charge in [-0.1, -0.05) is 6.07 Å². The van der Waals surface area contributed by atoms with Crippen molar-refractivity contribution in [1.82, 2.24) is 15.2 Å². The molecule has 2 N–H and O–H groups in total. The van der Waals surface area contributed by atoms with Crippen molar-refractivity contribution in [3.8, 4) is 11.5 Å². The first-order valence-electron chi connectivity index (χ1n) is 8.63. The Morgan fingerprint density at radius 2 is 2.00 bits per heavy atom. The highest BCUT2D eigenvalue weighted by Gasteiger charge is 2.21. The van der Waals surface area contributed by atoms with Crippen LogP contribution in [0.25, 0.3) is 0 Å². The number of pyridine rings is 1. The molecule has 2 heterocycles. The molecule has 2 aromatic rings. The van der Waals surface area contributed by atoms with E-state index < -0.39 is 0 Å². The van der Waals surface area contributed by atoms with Gasteiger partial charge in [-0.25, -0.2) is 9.78 Å². The second kappa shape index (κ2) is 7.95. The fourth-order valence-corrected chi connectivity index (χ4v) is 2.95.